The van der Waals surface area contributed by atoms with Gasteiger partial charge in [-0.1, -0.05) is 0 Å². The second-order valence-electron chi connectivity index (χ2n) is 8.23. The van der Waals surface area contributed by atoms with Gasteiger partial charge in [0, 0.05) is 34.2 Å². The van der Waals surface area contributed by atoms with Crippen molar-refractivity contribution in [1.82, 2.24) is 19.9 Å². The number of nitrogens with one attached hydrogen (secondary N) is 1. The lowest BCUT2D eigenvalue weighted by atomic mass is 9.75. The molecule has 0 spiro atoms. The smallest absolute Gasteiger partial charge is 0.323 e. The van der Waals surface area contributed by atoms with Gasteiger partial charge in [0.2, 0.25) is 0 Å². The molecule has 170 valence electrons. The van der Waals surface area contributed by atoms with Crippen LogP contribution in [0, 0.1) is 12.7 Å². The molecule has 1 aliphatic carbocycles. The first-order valence-electron chi connectivity index (χ1n) is 10.4. The molecule has 1 amide bonds. The highest BCUT2D eigenvalue weighted by molar-refractivity contribution is 5.94. The van der Waals surface area contributed by atoms with Crippen molar-refractivity contribution in [3.63, 3.8) is 0 Å². The number of benzene rings is 1. The molecule has 1 saturated carbocycles. The zero-order valence-corrected chi connectivity index (χ0v) is 18.6. The summed E-state index contributed by atoms with van der Waals surface area (Å²) in [5, 5.41) is 13.9. The summed E-state index contributed by atoms with van der Waals surface area (Å²) in [5.41, 5.74) is 3.33. The molecule has 3 aromatic heterocycles. The molecule has 33 heavy (non-hydrogen) atoms. The molecule has 1 aromatic carbocycles. The van der Waals surface area contributed by atoms with E-state index in [2.05, 4.69) is 15.3 Å². The molecule has 4 aromatic rings. The maximum absolute atomic E-state index is 14.0. The van der Waals surface area contributed by atoms with Crippen LogP contribution in [0.15, 0.2) is 48.7 Å². The molecule has 0 atom stereocenters. The van der Waals surface area contributed by atoms with Gasteiger partial charge in [-0.2, -0.15) is 0 Å². The van der Waals surface area contributed by atoms with Crippen LogP contribution in [0.4, 0.5) is 4.39 Å². The molecule has 9 heteroatoms. The summed E-state index contributed by atoms with van der Waals surface area (Å²) in [6, 6.07) is 11.6. The maximum Gasteiger partial charge on any atom is 0.323 e. The third-order valence-electron chi connectivity index (χ3n) is 6.21. The van der Waals surface area contributed by atoms with E-state index in [1.54, 1.807) is 22.9 Å². The summed E-state index contributed by atoms with van der Waals surface area (Å²) in [7, 11) is 0. The van der Waals surface area contributed by atoms with Gasteiger partial charge in [0.25, 0.3) is 5.91 Å². The van der Waals surface area contributed by atoms with Crippen LogP contribution in [0.2, 0.25) is 0 Å². The molecule has 3 heterocycles. The largest absolute Gasteiger partial charge is 0.480 e. The van der Waals surface area contributed by atoms with E-state index in [-0.39, 0.29) is 42.6 Å². The van der Waals surface area contributed by atoms with Gasteiger partial charge < -0.3 is 15.0 Å². The van der Waals surface area contributed by atoms with E-state index in [0.29, 0.717) is 29.7 Å². The molecule has 0 saturated heterocycles. The van der Waals surface area contributed by atoms with Crippen molar-refractivity contribution in [3.05, 3.63) is 71.4 Å². The number of pyridine rings is 2. The average Bonchev–Trinajstić information content (AvgIpc) is 3.00. The molecular weight excluding hydrogens is 447 g/mol. The van der Waals surface area contributed by atoms with Gasteiger partial charge in [0.1, 0.15) is 18.1 Å². The summed E-state index contributed by atoms with van der Waals surface area (Å²) in [4.78, 5) is 32.5. The Bertz CT molecular complexity index is 1380. The van der Waals surface area contributed by atoms with Crippen molar-refractivity contribution >= 4 is 46.2 Å². The second-order valence-corrected chi connectivity index (χ2v) is 8.23. The predicted octanol–water partition coefficient (Wildman–Crippen LogP) is 4.21. The average molecular weight is 469 g/mol. The van der Waals surface area contributed by atoms with Crippen LogP contribution in [0.1, 0.15) is 40.5 Å². The number of carbonyl (C=O) groups is 2. The number of rotatable bonds is 5. The van der Waals surface area contributed by atoms with E-state index in [1.165, 1.54) is 12.1 Å². The number of fused-ring (bicyclic) bond motifs is 2. The minimum absolute atomic E-state index is 0. The number of carboxylic acid groups (broad SMARTS) is 1. The third-order valence-corrected chi connectivity index (χ3v) is 6.21. The number of hydrogen-bond donors (Lipinski definition) is 2. The Kier molecular flexibility index (Phi) is 6.03. The number of halogens is 2. The summed E-state index contributed by atoms with van der Waals surface area (Å²) >= 11 is 0. The Hall–Kier alpha value is -3.52. The van der Waals surface area contributed by atoms with E-state index in [4.69, 9.17) is 0 Å². The molecule has 5 rings (SSSR count). The second kappa shape index (κ2) is 8.78. The van der Waals surface area contributed by atoms with Gasteiger partial charge in [-0.05, 0) is 73.7 Å². The van der Waals surface area contributed by atoms with Crippen LogP contribution >= 0.6 is 12.4 Å². The van der Waals surface area contributed by atoms with Crippen LogP contribution in [0.3, 0.4) is 0 Å². The third kappa shape index (κ3) is 4.14. The molecule has 7 nitrogen and oxygen atoms in total. The lowest BCUT2D eigenvalue weighted by Gasteiger charge is -2.36. The first kappa shape index (κ1) is 22.7. The predicted molar refractivity (Wildman–Crippen MR) is 124 cm³/mol. The number of aromatic nitrogens is 3. The zero-order valence-electron chi connectivity index (χ0n) is 17.8. The number of amides is 1. The fourth-order valence-corrected chi connectivity index (χ4v) is 4.64. The highest BCUT2D eigenvalue weighted by atomic mass is 35.5. The molecular formula is C24H22ClFN4O3. The summed E-state index contributed by atoms with van der Waals surface area (Å²) in [6.45, 7) is 1.69. The van der Waals surface area contributed by atoms with Crippen molar-refractivity contribution in [2.75, 3.05) is 0 Å². The fraction of sp³-hybridized carbons (Fsp3) is 0.250. The summed E-state index contributed by atoms with van der Waals surface area (Å²) in [6.07, 6.45) is 3.03. The van der Waals surface area contributed by atoms with Crippen LogP contribution in [0.5, 0.6) is 0 Å². The number of carboxylic acids is 1. The van der Waals surface area contributed by atoms with Crippen molar-refractivity contribution in [2.24, 2.45) is 0 Å². The quantitative estimate of drug-likeness (QED) is 0.457. The van der Waals surface area contributed by atoms with Crippen LogP contribution < -0.4 is 5.32 Å². The van der Waals surface area contributed by atoms with E-state index in [9.17, 15) is 19.1 Å². The van der Waals surface area contributed by atoms with E-state index in [1.807, 2.05) is 25.1 Å². The Morgan fingerprint density at radius 1 is 1.21 bits per heavy atom. The molecule has 0 radical (unpaired) electrons. The first-order valence-corrected chi connectivity index (χ1v) is 10.4. The number of carbonyl (C=O) groups excluding carboxylic acids is 1. The van der Waals surface area contributed by atoms with Gasteiger partial charge in [-0.15, -0.1) is 12.4 Å². The van der Waals surface area contributed by atoms with Crippen LogP contribution in [-0.4, -0.2) is 37.6 Å². The number of hydrogen-bond acceptors (Lipinski definition) is 4. The van der Waals surface area contributed by atoms with Gasteiger partial charge in [0.05, 0.1) is 0 Å². The Morgan fingerprint density at radius 3 is 2.76 bits per heavy atom. The van der Waals surface area contributed by atoms with Crippen LogP contribution in [-0.2, 0) is 11.3 Å². The van der Waals surface area contributed by atoms with Crippen molar-refractivity contribution in [2.45, 2.75) is 38.3 Å². The van der Waals surface area contributed by atoms with Gasteiger partial charge >= 0.3 is 5.97 Å². The van der Waals surface area contributed by atoms with Gasteiger partial charge in [-0.3, -0.25) is 9.59 Å². The van der Waals surface area contributed by atoms with Gasteiger partial charge in [0.15, 0.2) is 5.65 Å². The molecule has 2 N–H and O–H groups in total. The normalized spacial score (nSPS) is 17.4. The van der Waals surface area contributed by atoms with Crippen molar-refractivity contribution < 1.29 is 19.1 Å². The fourth-order valence-electron chi connectivity index (χ4n) is 4.64. The van der Waals surface area contributed by atoms with Gasteiger partial charge in [-0.25, -0.2) is 14.4 Å². The monoisotopic (exact) mass is 468 g/mol. The van der Waals surface area contributed by atoms with Crippen molar-refractivity contribution in [1.29, 1.82) is 0 Å². The lowest BCUT2D eigenvalue weighted by molar-refractivity contribution is -0.137. The Morgan fingerprint density at radius 2 is 2.00 bits per heavy atom. The summed E-state index contributed by atoms with van der Waals surface area (Å²) in [5.74, 6) is -1.44. The van der Waals surface area contributed by atoms with E-state index in [0.717, 1.165) is 22.0 Å². The van der Waals surface area contributed by atoms with E-state index >= 15 is 0 Å². The maximum atomic E-state index is 14.0. The van der Waals surface area contributed by atoms with Crippen LogP contribution in [0.25, 0.3) is 21.9 Å². The molecule has 0 unspecified atom stereocenters. The SMILES string of the molecule is Cc1c(C2CC(NC(=O)c3ccc4cccnc4n3)C2)c2cc(F)ccc2n1CC(=O)O.Cl. The molecule has 1 fully saturated rings. The minimum atomic E-state index is -0.947. The molecule has 0 aliphatic heterocycles. The Balaban J connectivity index is 0.00000259. The first-order chi connectivity index (χ1) is 15.4. The Labute approximate surface area is 195 Å². The minimum Gasteiger partial charge on any atom is -0.480 e. The zero-order chi connectivity index (χ0) is 22.4. The molecule has 1 aliphatic rings. The lowest BCUT2D eigenvalue weighted by Crippen LogP contribution is -2.43. The molecule has 0 bridgehead atoms. The highest BCUT2D eigenvalue weighted by Crippen LogP contribution is 2.43. The number of aliphatic carboxylic acids is 1. The topological polar surface area (TPSA) is 97.1 Å². The summed E-state index contributed by atoms with van der Waals surface area (Å²) < 4.78 is 15.7. The number of nitrogens with zero attached hydrogens (tertiary/aromatic N) is 3. The van der Waals surface area contributed by atoms with Crippen molar-refractivity contribution in [3.8, 4) is 0 Å². The highest BCUT2D eigenvalue weighted by Gasteiger charge is 2.35. The van der Waals surface area contributed by atoms with E-state index < -0.39 is 5.97 Å². The standard InChI is InChI=1S/C24H21FN4O3.ClH/c1-13-22(18-11-16(25)5-7-20(18)29(13)12-21(30)31)15-9-17(10-15)27-24(32)19-6-4-14-3-2-8-26-23(14)28-19;/h2-8,11,15,17H,9-10,12H2,1H3,(H,27,32)(H,30,31);1H.